The van der Waals surface area contributed by atoms with Gasteiger partial charge in [0.05, 0.1) is 25.7 Å². The molecule has 0 radical (unpaired) electrons. The highest BCUT2D eigenvalue weighted by Crippen LogP contribution is 2.36. The molecule has 0 amide bonds. The third-order valence-electron chi connectivity index (χ3n) is 3.75. The third-order valence-corrected chi connectivity index (χ3v) is 3.75. The molecule has 0 aliphatic heterocycles. The van der Waals surface area contributed by atoms with Gasteiger partial charge in [0.2, 0.25) is 0 Å². The number of carbonyl (C=O) groups excluding carboxylic acids is 2. The molecule has 0 saturated heterocycles. The molecule has 0 N–H and O–H groups in total. The molecular formula is C18H24O7. The Bertz CT molecular complexity index is 627. The van der Waals surface area contributed by atoms with Crippen LogP contribution in [0.2, 0.25) is 0 Å². The van der Waals surface area contributed by atoms with Crippen molar-refractivity contribution < 1.29 is 33.6 Å². The van der Waals surface area contributed by atoms with Crippen LogP contribution in [0.15, 0.2) is 12.1 Å². The molecule has 0 heterocycles. The van der Waals surface area contributed by atoms with Crippen LogP contribution < -0.4 is 14.4 Å². The van der Waals surface area contributed by atoms with Crippen molar-refractivity contribution in [1.82, 2.24) is 0 Å². The molecule has 7 nitrogen and oxygen atoms in total. The van der Waals surface area contributed by atoms with Gasteiger partial charge < -0.3 is 19.1 Å². The van der Waals surface area contributed by atoms with Gasteiger partial charge in [-0.3, -0.25) is 9.59 Å². The molecule has 138 valence electrons. The molecule has 2 rings (SSSR count). The standard InChI is InChI=1S/C18H24O7/c1-18(2,3)23-17(20)11-6-13(7-11)24-25-14-9-16(22-5)15(21-4)8-12(14)10-19/h8-11,13H,6-7H2,1-5H3. The zero-order valence-corrected chi connectivity index (χ0v) is 15.2. The summed E-state index contributed by atoms with van der Waals surface area (Å²) in [5, 5.41) is 0. The van der Waals surface area contributed by atoms with Gasteiger partial charge in [-0.25, -0.2) is 0 Å². The summed E-state index contributed by atoms with van der Waals surface area (Å²) in [5.74, 6) is 0.654. The zero-order valence-electron chi connectivity index (χ0n) is 15.2. The molecule has 1 aromatic rings. The van der Waals surface area contributed by atoms with Crippen molar-refractivity contribution >= 4 is 12.3 Å². The smallest absolute Gasteiger partial charge is 0.309 e. The van der Waals surface area contributed by atoms with Gasteiger partial charge in [-0.2, -0.15) is 4.89 Å². The van der Waals surface area contributed by atoms with Crippen LogP contribution in [-0.2, 0) is 14.4 Å². The summed E-state index contributed by atoms with van der Waals surface area (Å²) < 4.78 is 15.7. The molecule has 1 saturated carbocycles. The van der Waals surface area contributed by atoms with Crippen LogP contribution in [0.25, 0.3) is 0 Å². The Labute approximate surface area is 147 Å². The SMILES string of the molecule is COc1cc(C=O)c(OOC2CC(C(=O)OC(C)(C)C)C2)cc1OC. The summed E-state index contributed by atoms with van der Waals surface area (Å²) >= 11 is 0. The molecular weight excluding hydrogens is 328 g/mol. The first kappa shape index (κ1) is 19.1. The average molecular weight is 352 g/mol. The lowest BCUT2D eigenvalue weighted by Gasteiger charge is -2.34. The highest BCUT2D eigenvalue weighted by Gasteiger charge is 2.39. The highest BCUT2D eigenvalue weighted by atomic mass is 17.2. The van der Waals surface area contributed by atoms with Crippen LogP contribution in [0, 0.1) is 5.92 Å². The minimum atomic E-state index is -0.502. The van der Waals surface area contributed by atoms with Gasteiger partial charge in [-0.15, -0.1) is 0 Å². The molecule has 25 heavy (non-hydrogen) atoms. The number of methoxy groups -OCH3 is 2. The summed E-state index contributed by atoms with van der Waals surface area (Å²) in [5.41, 5.74) is -0.224. The molecule has 0 spiro atoms. The van der Waals surface area contributed by atoms with Crippen LogP contribution in [0.1, 0.15) is 44.0 Å². The van der Waals surface area contributed by atoms with E-state index in [1.54, 1.807) is 0 Å². The van der Waals surface area contributed by atoms with E-state index in [4.69, 9.17) is 24.0 Å². The van der Waals surface area contributed by atoms with E-state index in [9.17, 15) is 9.59 Å². The Balaban J connectivity index is 1.91. The first-order valence-electron chi connectivity index (χ1n) is 8.04. The van der Waals surface area contributed by atoms with E-state index < -0.39 is 5.60 Å². The summed E-state index contributed by atoms with van der Waals surface area (Å²) in [6.45, 7) is 5.50. The maximum atomic E-state index is 11.9. The minimum absolute atomic E-state index is 0.191. The monoisotopic (exact) mass is 352 g/mol. The molecule has 1 aliphatic carbocycles. The lowest BCUT2D eigenvalue weighted by Crippen LogP contribution is -2.40. The van der Waals surface area contributed by atoms with Crippen LogP contribution in [0.4, 0.5) is 0 Å². The fraction of sp³-hybridized carbons (Fsp3) is 0.556. The Morgan fingerprint density at radius 3 is 2.20 bits per heavy atom. The second-order valence-corrected chi connectivity index (χ2v) is 6.87. The van der Waals surface area contributed by atoms with E-state index in [-0.39, 0.29) is 29.3 Å². The van der Waals surface area contributed by atoms with Gasteiger partial charge >= 0.3 is 5.97 Å². The molecule has 0 aromatic heterocycles. The van der Waals surface area contributed by atoms with Crippen molar-refractivity contribution in [2.75, 3.05) is 14.2 Å². The van der Waals surface area contributed by atoms with E-state index in [0.717, 1.165) is 0 Å². The Morgan fingerprint density at radius 1 is 1.08 bits per heavy atom. The fourth-order valence-corrected chi connectivity index (χ4v) is 2.38. The van der Waals surface area contributed by atoms with Crippen molar-refractivity contribution in [3.8, 4) is 17.2 Å². The van der Waals surface area contributed by atoms with Crippen LogP contribution in [0.3, 0.4) is 0 Å². The largest absolute Gasteiger partial charge is 0.493 e. The zero-order chi connectivity index (χ0) is 18.6. The van der Waals surface area contributed by atoms with Crippen LogP contribution in [0.5, 0.6) is 17.2 Å². The van der Waals surface area contributed by atoms with Gasteiger partial charge in [0.15, 0.2) is 23.5 Å². The number of aldehydes is 1. The van der Waals surface area contributed by atoms with Crippen molar-refractivity contribution in [2.24, 2.45) is 5.92 Å². The number of rotatable bonds is 7. The summed E-state index contributed by atoms with van der Waals surface area (Å²) in [6.07, 6.45) is 1.44. The average Bonchev–Trinajstić information content (AvgIpc) is 2.50. The Kier molecular flexibility index (Phi) is 5.89. The van der Waals surface area contributed by atoms with Gasteiger partial charge in [0, 0.05) is 6.07 Å². The van der Waals surface area contributed by atoms with Crippen LogP contribution >= 0.6 is 0 Å². The molecule has 1 aromatic carbocycles. The molecule has 1 fully saturated rings. The lowest BCUT2D eigenvalue weighted by atomic mass is 9.82. The maximum absolute atomic E-state index is 11.9. The maximum Gasteiger partial charge on any atom is 0.309 e. The summed E-state index contributed by atoms with van der Waals surface area (Å²) in [6, 6.07) is 3.03. The van der Waals surface area contributed by atoms with Crippen molar-refractivity contribution in [3.63, 3.8) is 0 Å². The molecule has 0 unspecified atom stereocenters. The highest BCUT2D eigenvalue weighted by molar-refractivity contribution is 5.81. The normalized spacial score (nSPS) is 19.6. The van der Waals surface area contributed by atoms with Gasteiger partial charge in [-0.05, 0) is 39.7 Å². The van der Waals surface area contributed by atoms with E-state index >= 15 is 0 Å². The lowest BCUT2D eigenvalue weighted by molar-refractivity contribution is -0.271. The van der Waals surface area contributed by atoms with Crippen molar-refractivity contribution in [1.29, 1.82) is 0 Å². The summed E-state index contributed by atoms with van der Waals surface area (Å²) in [4.78, 5) is 33.7. The number of esters is 1. The van der Waals surface area contributed by atoms with Crippen molar-refractivity contribution in [2.45, 2.75) is 45.3 Å². The van der Waals surface area contributed by atoms with Gasteiger partial charge in [0.25, 0.3) is 0 Å². The van der Waals surface area contributed by atoms with Gasteiger partial charge in [-0.1, -0.05) is 0 Å². The second kappa shape index (κ2) is 7.74. The third kappa shape index (κ3) is 4.85. The van der Waals surface area contributed by atoms with Crippen molar-refractivity contribution in [3.05, 3.63) is 17.7 Å². The first-order chi connectivity index (χ1) is 11.8. The molecule has 7 heteroatoms. The Hall–Kier alpha value is -2.28. The summed E-state index contributed by atoms with van der Waals surface area (Å²) in [7, 11) is 2.97. The van der Waals surface area contributed by atoms with Crippen LogP contribution in [-0.4, -0.2) is 38.2 Å². The van der Waals surface area contributed by atoms with E-state index in [1.807, 2.05) is 20.8 Å². The minimum Gasteiger partial charge on any atom is -0.493 e. The quantitative estimate of drug-likeness (QED) is 0.323. The number of carbonyl (C=O) groups is 2. The number of benzene rings is 1. The first-order valence-corrected chi connectivity index (χ1v) is 8.04. The van der Waals surface area contributed by atoms with Gasteiger partial charge in [0.1, 0.15) is 11.7 Å². The molecule has 0 bridgehead atoms. The Morgan fingerprint density at radius 2 is 1.68 bits per heavy atom. The van der Waals surface area contributed by atoms with E-state index in [2.05, 4.69) is 0 Å². The molecule has 1 aliphatic rings. The second-order valence-electron chi connectivity index (χ2n) is 6.87. The van der Waals surface area contributed by atoms with E-state index in [1.165, 1.54) is 26.4 Å². The number of hydrogen-bond acceptors (Lipinski definition) is 7. The topological polar surface area (TPSA) is 80.3 Å². The predicted octanol–water partition coefficient (Wildman–Crippen LogP) is 2.95. The predicted molar refractivity (Wildman–Crippen MR) is 89.0 cm³/mol. The van der Waals surface area contributed by atoms with E-state index in [0.29, 0.717) is 30.6 Å². The number of ether oxygens (including phenoxy) is 3. The fourth-order valence-electron chi connectivity index (χ4n) is 2.38. The molecule has 0 atom stereocenters. The number of hydrogen-bond donors (Lipinski definition) is 0.